The molecular weight excluding hydrogens is 411 g/mol. The molecule has 2 aromatic carbocycles. The van der Waals surface area contributed by atoms with Gasteiger partial charge in [-0.1, -0.05) is 11.6 Å². The summed E-state index contributed by atoms with van der Waals surface area (Å²) in [6.45, 7) is 1.90. The number of guanidine groups is 2. The smallest absolute Gasteiger partial charge is 0.222 e. The monoisotopic (exact) mass is 434 g/mol. The molecule has 2 heterocycles. The number of rotatable bonds is 4. The fraction of sp³-hybridized carbons (Fsp3) is 0.300. The molecule has 0 aromatic heterocycles. The van der Waals surface area contributed by atoms with Crippen molar-refractivity contribution < 1.29 is 4.74 Å². The van der Waals surface area contributed by atoms with Gasteiger partial charge in [-0.05, 0) is 61.4 Å². The first kappa shape index (κ1) is 21.1. The van der Waals surface area contributed by atoms with Crippen molar-refractivity contribution >= 4 is 47.3 Å². The van der Waals surface area contributed by atoms with Crippen LogP contribution in [0.15, 0.2) is 58.5 Å². The molecular formula is C20H24Cl2N6O. The highest BCUT2D eigenvalue weighted by Crippen LogP contribution is 2.27. The molecule has 1 atom stereocenters. The molecule has 0 aliphatic carbocycles. The molecule has 1 unspecified atom stereocenters. The maximum atomic E-state index is 6.07. The second kappa shape index (κ2) is 9.24. The molecule has 0 amide bonds. The number of nitrogens with two attached hydrogens (primary N) is 1. The molecule has 9 heteroatoms. The second-order valence-corrected chi connectivity index (χ2v) is 7.12. The van der Waals surface area contributed by atoms with Gasteiger partial charge in [0.1, 0.15) is 5.75 Å². The maximum absolute atomic E-state index is 6.07. The average Bonchev–Trinajstić information content (AvgIpc) is 3.24. The van der Waals surface area contributed by atoms with Gasteiger partial charge in [0, 0.05) is 29.5 Å². The Morgan fingerprint density at radius 1 is 1.07 bits per heavy atom. The van der Waals surface area contributed by atoms with Crippen molar-refractivity contribution in [3.8, 4) is 5.75 Å². The predicted molar refractivity (Wildman–Crippen MR) is 121 cm³/mol. The van der Waals surface area contributed by atoms with Gasteiger partial charge in [-0.2, -0.15) is 4.99 Å². The van der Waals surface area contributed by atoms with Crippen LogP contribution in [-0.2, 0) is 0 Å². The Balaban J connectivity index is 0.00000240. The zero-order chi connectivity index (χ0) is 19.5. The molecule has 29 heavy (non-hydrogen) atoms. The lowest BCUT2D eigenvalue weighted by Crippen LogP contribution is -2.54. The van der Waals surface area contributed by atoms with Crippen LogP contribution in [0.4, 0.5) is 11.4 Å². The van der Waals surface area contributed by atoms with Gasteiger partial charge < -0.3 is 20.7 Å². The summed E-state index contributed by atoms with van der Waals surface area (Å²) in [5.41, 5.74) is 7.92. The van der Waals surface area contributed by atoms with E-state index >= 15 is 0 Å². The van der Waals surface area contributed by atoms with Crippen LogP contribution in [-0.4, -0.2) is 43.3 Å². The lowest BCUT2D eigenvalue weighted by atomic mass is 10.2. The van der Waals surface area contributed by atoms with E-state index < -0.39 is 6.29 Å². The zero-order valence-electron chi connectivity index (χ0n) is 16.1. The van der Waals surface area contributed by atoms with Crippen LogP contribution in [0.2, 0.25) is 5.02 Å². The van der Waals surface area contributed by atoms with E-state index in [9.17, 15) is 0 Å². The molecule has 2 aliphatic rings. The van der Waals surface area contributed by atoms with E-state index in [2.05, 4.69) is 25.1 Å². The molecule has 7 nitrogen and oxygen atoms in total. The summed E-state index contributed by atoms with van der Waals surface area (Å²) in [6, 6.07) is 15.4. The molecule has 1 saturated heterocycles. The van der Waals surface area contributed by atoms with Crippen molar-refractivity contribution in [2.24, 2.45) is 15.7 Å². The largest absolute Gasteiger partial charge is 0.497 e. The van der Waals surface area contributed by atoms with Gasteiger partial charge in [0.05, 0.1) is 7.11 Å². The van der Waals surface area contributed by atoms with Gasteiger partial charge in [0.15, 0.2) is 0 Å². The topological polar surface area (TPSA) is 78.5 Å². The third-order valence-electron chi connectivity index (χ3n) is 4.81. The summed E-state index contributed by atoms with van der Waals surface area (Å²) in [4.78, 5) is 13.4. The summed E-state index contributed by atoms with van der Waals surface area (Å²) < 4.78 is 5.30. The number of aliphatic imine (C=N–C) groups is 2. The van der Waals surface area contributed by atoms with Crippen molar-refractivity contribution in [1.82, 2.24) is 4.90 Å². The lowest BCUT2D eigenvalue weighted by molar-refractivity contribution is 0.415. The van der Waals surface area contributed by atoms with Crippen LogP contribution in [0.1, 0.15) is 12.8 Å². The van der Waals surface area contributed by atoms with E-state index in [1.165, 1.54) is 0 Å². The average molecular weight is 435 g/mol. The highest BCUT2D eigenvalue weighted by Gasteiger charge is 2.32. The number of likely N-dealkylation sites (tertiary alicyclic amines) is 1. The van der Waals surface area contributed by atoms with E-state index in [0.717, 1.165) is 49.0 Å². The lowest BCUT2D eigenvalue weighted by Gasteiger charge is -2.38. The highest BCUT2D eigenvalue weighted by atomic mass is 35.5. The van der Waals surface area contributed by atoms with Crippen LogP contribution in [0.25, 0.3) is 0 Å². The van der Waals surface area contributed by atoms with Crippen molar-refractivity contribution in [2.75, 3.05) is 30.4 Å². The quantitative estimate of drug-likeness (QED) is 0.765. The molecule has 2 aliphatic heterocycles. The summed E-state index contributed by atoms with van der Waals surface area (Å²) in [6.07, 6.45) is 1.85. The third kappa shape index (κ3) is 4.68. The van der Waals surface area contributed by atoms with Crippen LogP contribution >= 0.6 is 24.0 Å². The zero-order valence-corrected chi connectivity index (χ0v) is 17.7. The molecule has 0 bridgehead atoms. The number of methoxy groups -OCH3 is 1. The molecule has 0 saturated carbocycles. The number of anilines is 2. The fourth-order valence-electron chi connectivity index (χ4n) is 3.41. The number of hydrogen-bond donors (Lipinski definition) is 2. The minimum absolute atomic E-state index is 0. The van der Waals surface area contributed by atoms with Gasteiger partial charge in [-0.3, -0.25) is 4.90 Å². The summed E-state index contributed by atoms with van der Waals surface area (Å²) >= 11 is 6.02. The van der Waals surface area contributed by atoms with E-state index in [-0.39, 0.29) is 18.4 Å². The molecule has 0 spiro atoms. The third-order valence-corrected chi connectivity index (χ3v) is 5.06. The van der Waals surface area contributed by atoms with Gasteiger partial charge in [-0.15, -0.1) is 12.4 Å². The Hall–Kier alpha value is -2.64. The Labute approximate surface area is 181 Å². The first-order chi connectivity index (χ1) is 13.6. The van der Waals surface area contributed by atoms with E-state index in [1.807, 2.05) is 48.5 Å². The van der Waals surface area contributed by atoms with Gasteiger partial charge in [0.2, 0.25) is 18.2 Å². The van der Waals surface area contributed by atoms with Crippen molar-refractivity contribution in [3.63, 3.8) is 0 Å². The van der Waals surface area contributed by atoms with Crippen molar-refractivity contribution in [2.45, 2.75) is 19.1 Å². The molecule has 2 aromatic rings. The van der Waals surface area contributed by atoms with Crippen LogP contribution in [0.3, 0.4) is 0 Å². The molecule has 4 rings (SSSR count). The first-order valence-corrected chi connectivity index (χ1v) is 9.64. The fourth-order valence-corrected chi connectivity index (χ4v) is 3.54. The summed E-state index contributed by atoms with van der Waals surface area (Å²) in [5, 5.41) is 4.11. The molecule has 154 valence electrons. The molecule has 0 radical (unpaired) electrons. The minimum Gasteiger partial charge on any atom is -0.497 e. The number of ether oxygens (including phenoxy) is 1. The normalized spacial score (nSPS) is 18.6. The number of benzene rings is 2. The second-order valence-electron chi connectivity index (χ2n) is 6.69. The Bertz CT molecular complexity index is 879. The highest BCUT2D eigenvalue weighted by molar-refractivity contribution is 6.30. The van der Waals surface area contributed by atoms with Gasteiger partial charge >= 0.3 is 0 Å². The Kier molecular flexibility index (Phi) is 6.71. The maximum Gasteiger partial charge on any atom is 0.222 e. The minimum atomic E-state index is -0.428. The standard InChI is InChI=1S/C20H23ClN6O.ClH/c1-28-17-10-8-16(9-11-17)27-19(23-15-6-4-14(21)5-7-15)24-18(22)25-20(27)26-12-2-3-13-26;/h4-11,19,23H,2-3,12-13H2,1H3,(H2,22,24);1H. The Morgan fingerprint density at radius 2 is 1.72 bits per heavy atom. The molecule has 3 N–H and O–H groups in total. The predicted octanol–water partition coefficient (Wildman–Crippen LogP) is 3.75. The van der Waals surface area contributed by atoms with E-state index in [0.29, 0.717) is 5.02 Å². The summed E-state index contributed by atoms with van der Waals surface area (Å²) in [7, 11) is 1.66. The van der Waals surface area contributed by atoms with Gasteiger partial charge in [-0.25, -0.2) is 4.99 Å². The van der Waals surface area contributed by atoms with E-state index in [1.54, 1.807) is 7.11 Å². The van der Waals surface area contributed by atoms with Crippen LogP contribution < -0.4 is 20.7 Å². The summed E-state index contributed by atoms with van der Waals surface area (Å²) in [5.74, 6) is 1.87. The number of nitrogens with zero attached hydrogens (tertiary/aromatic N) is 4. The molecule has 1 fully saturated rings. The number of halogens is 2. The van der Waals surface area contributed by atoms with E-state index in [4.69, 9.17) is 22.1 Å². The number of nitrogens with one attached hydrogen (secondary N) is 1. The van der Waals surface area contributed by atoms with Gasteiger partial charge in [0.25, 0.3) is 0 Å². The number of hydrogen-bond acceptors (Lipinski definition) is 7. The van der Waals surface area contributed by atoms with Crippen molar-refractivity contribution in [1.29, 1.82) is 0 Å². The van der Waals surface area contributed by atoms with Crippen LogP contribution in [0, 0.1) is 0 Å². The Morgan fingerprint density at radius 3 is 2.34 bits per heavy atom. The first-order valence-electron chi connectivity index (χ1n) is 9.26. The van der Waals surface area contributed by atoms with Crippen LogP contribution in [0.5, 0.6) is 5.75 Å². The van der Waals surface area contributed by atoms with Crippen molar-refractivity contribution in [3.05, 3.63) is 53.6 Å². The SMILES string of the molecule is COc1ccc(N2C(N3CCCC3)=NC(N)=NC2Nc2ccc(Cl)cc2)cc1.Cl.